The largest absolute Gasteiger partial charge is 0.481 e. The molecular formula is C30H43N3O6. The molecule has 0 aromatic heterocycles. The third-order valence-electron chi connectivity index (χ3n) is 9.43. The van der Waals surface area contributed by atoms with E-state index in [-0.39, 0.29) is 30.9 Å². The first-order valence-corrected chi connectivity index (χ1v) is 14.1. The molecule has 3 aliphatic heterocycles. The summed E-state index contributed by atoms with van der Waals surface area (Å²) in [5.41, 5.74) is -0.684. The fourth-order valence-corrected chi connectivity index (χ4v) is 7.34. The Hall–Kier alpha value is -2.91. The van der Waals surface area contributed by atoms with Crippen LogP contribution in [-0.2, 0) is 19.1 Å². The van der Waals surface area contributed by atoms with Crippen LogP contribution in [0.5, 0.6) is 0 Å². The second-order valence-corrected chi connectivity index (χ2v) is 11.7. The van der Waals surface area contributed by atoms with Gasteiger partial charge < -0.3 is 29.6 Å². The van der Waals surface area contributed by atoms with Crippen LogP contribution in [0, 0.1) is 23.7 Å². The lowest BCUT2D eigenvalue weighted by atomic mass is 9.62. The van der Waals surface area contributed by atoms with Crippen LogP contribution in [-0.4, -0.2) is 82.4 Å². The third kappa shape index (κ3) is 4.25. The van der Waals surface area contributed by atoms with Crippen molar-refractivity contribution in [3.05, 3.63) is 36.9 Å². The normalized spacial score (nSPS) is 31.9. The number of aliphatic carboxylic acids is 1. The Morgan fingerprint density at radius 1 is 1.21 bits per heavy atom. The number of carboxylic acid groups (broad SMARTS) is 1. The van der Waals surface area contributed by atoms with Crippen molar-refractivity contribution in [2.24, 2.45) is 23.7 Å². The number of fused-ring (bicyclic) bond motifs is 1. The second kappa shape index (κ2) is 10.6. The topological polar surface area (TPSA) is 111 Å². The number of benzene rings is 1. The van der Waals surface area contributed by atoms with Crippen molar-refractivity contribution in [1.29, 1.82) is 0 Å². The van der Waals surface area contributed by atoms with E-state index in [4.69, 9.17) is 4.74 Å². The van der Waals surface area contributed by atoms with E-state index in [9.17, 15) is 24.6 Å². The maximum absolute atomic E-state index is 14.6. The van der Waals surface area contributed by atoms with Crippen molar-refractivity contribution in [2.75, 3.05) is 36.0 Å². The summed E-state index contributed by atoms with van der Waals surface area (Å²) in [5, 5.41) is 20.6. The van der Waals surface area contributed by atoms with Crippen LogP contribution in [0.25, 0.3) is 0 Å². The van der Waals surface area contributed by atoms with E-state index in [2.05, 4.69) is 25.3 Å². The van der Waals surface area contributed by atoms with Crippen LogP contribution in [0.1, 0.15) is 48.0 Å². The highest BCUT2D eigenvalue weighted by atomic mass is 16.5. The molecular weight excluding hydrogens is 498 g/mol. The number of likely N-dealkylation sites (tertiary alicyclic amines) is 1. The van der Waals surface area contributed by atoms with E-state index >= 15 is 0 Å². The Morgan fingerprint density at radius 3 is 2.28 bits per heavy atom. The molecule has 1 aromatic carbocycles. The summed E-state index contributed by atoms with van der Waals surface area (Å²) < 4.78 is 6.61. The Morgan fingerprint density at radius 2 is 1.79 bits per heavy atom. The van der Waals surface area contributed by atoms with Gasteiger partial charge in [0.2, 0.25) is 5.91 Å². The number of rotatable bonds is 11. The highest BCUT2D eigenvalue weighted by Crippen LogP contribution is 2.65. The molecule has 4 rings (SSSR count). The summed E-state index contributed by atoms with van der Waals surface area (Å²) in [6, 6.07) is 5.96. The van der Waals surface area contributed by atoms with Gasteiger partial charge in [0.25, 0.3) is 5.91 Å². The molecule has 7 atom stereocenters. The molecule has 0 aliphatic carbocycles. The minimum absolute atomic E-state index is 0.167. The van der Waals surface area contributed by atoms with Crippen molar-refractivity contribution >= 4 is 29.2 Å². The molecule has 9 nitrogen and oxygen atoms in total. The molecule has 2 N–H and O–H groups in total. The van der Waals surface area contributed by atoms with Crippen LogP contribution in [0.4, 0.5) is 11.4 Å². The number of carbonyl (C=O) groups excluding carboxylic acids is 2. The summed E-state index contributed by atoms with van der Waals surface area (Å²) >= 11 is 0. The standard InChI is InChI=1S/C30H43N3O6/c1-8-15-32(21-13-11-20(12-14-21)31(9-2)10-3)27(36)25-30-16-19(6)29(7,39-30)24(28(37)38)23(30)26(35)33(25)22(17-34)18(4)5/h8,11-14,18-19,22-25,34H,1,9-10,15-17H2,2-7H3,(H,37,38)/t19?,22-,23-,24-,25?,29+,30?/m0/s1. The lowest BCUT2D eigenvalue weighted by Crippen LogP contribution is -2.60. The fraction of sp³-hybridized carbons (Fsp3) is 0.633. The average molecular weight is 542 g/mol. The number of ether oxygens (including phenoxy) is 1. The van der Waals surface area contributed by atoms with Crippen LogP contribution < -0.4 is 9.80 Å². The zero-order chi connectivity index (χ0) is 28.9. The number of carbonyl (C=O) groups is 3. The van der Waals surface area contributed by atoms with E-state index in [0.29, 0.717) is 12.1 Å². The smallest absolute Gasteiger partial charge is 0.310 e. The SMILES string of the molecule is C=CCN(C(=O)C1N([C@@H](CO)C(C)C)C(=O)[C@@H]2[C@@H](C(=O)O)[C@]3(C)OC12CC3C)c1ccc(N(CC)CC)cc1. The van der Waals surface area contributed by atoms with E-state index in [1.807, 2.05) is 45.0 Å². The predicted octanol–water partition coefficient (Wildman–Crippen LogP) is 3.16. The van der Waals surface area contributed by atoms with Gasteiger partial charge in [0.05, 0.1) is 24.2 Å². The van der Waals surface area contributed by atoms with Gasteiger partial charge in [-0.3, -0.25) is 14.4 Å². The number of anilines is 2. The van der Waals surface area contributed by atoms with Crippen molar-refractivity contribution in [3.8, 4) is 0 Å². The van der Waals surface area contributed by atoms with Crippen molar-refractivity contribution in [2.45, 2.75) is 71.2 Å². The van der Waals surface area contributed by atoms with Gasteiger partial charge in [0.15, 0.2) is 0 Å². The third-order valence-corrected chi connectivity index (χ3v) is 9.43. The number of nitrogens with zero attached hydrogens (tertiary/aromatic N) is 3. The monoisotopic (exact) mass is 541 g/mol. The summed E-state index contributed by atoms with van der Waals surface area (Å²) in [7, 11) is 0. The van der Waals surface area contributed by atoms with Crippen LogP contribution in [0.2, 0.25) is 0 Å². The maximum atomic E-state index is 14.6. The molecule has 2 bridgehead atoms. The molecule has 3 saturated heterocycles. The first kappa shape index (κ1) is 29.1. The minimum atomic E-state index is -1.30. The van der Waals surface area contributed by atoms with E-state index in [1.54, 1.807) is 17.9 Å². The zero-order valence-corrected chi connectivity index (χ0v) is 24.0. The second-order valence-electron chi connectivity index (χ2n) is 11.7. The first-order chi connectivity index (χ1) is 18.4. The van der Waals surface area contributed by atoms with Gasteiger partial charge in [-0.05, 0) is 63.3 Å². The molecule has 2 amide bonds. The number of aliphatic hydroxyl groups is 1. The highest BCUT2D eigenvalue weighted by molar-refractivity contribution is 6.05. The van der Waals surface area contributed by atoms with Crippen molar-refractivity contribution in [1.82, 2.24) is 4.90 Å². The van der Waals surface area contributed by atoms with E-state index in [1.165, 1.54) is 4.90 Å². The summed E-state index contributed by atoms with van der Waals surface area (Å²) in [6.07, 6.45) is 2.02. The molecule has 3 heterocycles. The number of aliphatic hydroxyl groups excluding tert-OH is 1. The summed E-state index contributed by atoms with van der Waals surface area (Å²) in [6.45, 7) is 17.0. The van der Waals surface area contributed by atoms with Gasteiger partial charge in [0.1, 0.15) is 17.6 Å². The Labute approximate surface area is 231 Å². The highest BCUT2D eigenvalue weighted by Gasteiger charge is 2.80. The number of hydrogen-bond acceptors (Lipinski definition) is 6. The van der Waals surface area contributed by atoms with Crippen LogP contribution in [0.3, 0.4) is 0 Å². The molecule has 1 aromatic rings. The lowest BCUT2D eigenvalue weighted by molar-refractivity contribution is -0.158. The molecule has 0 saturated carbocycles. The average Bonchev–Trinajstić information content (AvgIpc) is 3.40. The number of carboxylic acids is 1. The van der Waals surface area contributed by atoms with Crippen LogP contribution >= 0.6 is 0 Å². The number of amides is 2. The van der Waals surface area contributed by atoms with E-state index < -0.39 is 47.0 Å². The molecule has 3 fully saturated rings. The Balaban J connectivity index is 1.84. The van der Waals surface area contributed by atoms with Gasteiger partial charge >= 0.3 is 5.97 Å². The zero-order valence-electron chi connectivity index (χ0n) is 24.0. The predicted molar refractivity (Wildman–Crippen MR) is 150 cm³/mol. The Bertz CT molecular complexity index is 1120. The Kier molecular flexibility index (Phi) is 7.89. The molecule has 3 aliphatic rings. The van der Waals surface area contributed by atoms with Gasteiger partial charge in [-0.25, -0.2) is 0 Å². The molecule has 3 unspecified atom stereocenters. The van der Waals surface area contributed by atoms with Gasteiger partial charge in [-0.2, -0.15) is 0 Å². The maximum Gasteiger partial charge on any atom is 0.310 e. The summed E-state index contributed by atoms with van der Waals surface area (Å²) in [4.78, 5) is 46.6. The quantitative estimate of drug-likeness (QED) is 0.414. The molecule has 0 radical (unpaired) electrons. The van der Waals surface area contributed by atoms with Crippen molar-refractivity contribution < 1.29 is 29.3 Å². The molecule has 39 heavy (non-hydrogen) atoms. The number of hydrogen-bond donors (Lipinski definition) is 2. The minimum Gasteiger partial charge on any atom is -0.481 e. The molecule has 1 spiro atoms. The van der Waals surface area contributed by atoms with Gasteiger partial charge in [0, 0.05) is 31.0 Å². The van der Waals surface area contributed by atoms with Gasteiger partial charge in [-0.15, -0.1) is 6.58 Å². The van der Waals surface area contributed by atoms with Gasteiger partial charge in [-0.1, -0.05) is 26.8 Å². The molecule has 9 heteroatoms. The van der Waals surface area contributed by atoms with E-state index in [0.717, 1.165) is 18.8 Å². The van der Waals surface area contributed by atoms with Crippen LogP contribution in [0.15, 0.2) is 36.9 Å². The first-order valence-electron chi connectivity index (χ1n) is 14.1. The molecule has 214 valence electrons. The lowest BCUT2D eigenvalue weighted by Gasteiger charge is -2.40. The van der Waals surface area contributed by atoms with Crippen molar-refractivity contribution in [3.63, 3.8) is 0 Å². The fourth-order valence-electron chi connectivity index (χ4n) is 7.34. The summed E-state index contributed by atoms with van der Waals surface area (Å²) in [5.74, 6) is -4.32.